The van der Waals surface area contributed by atoms with Gasteiger partial charge >= 0.3 is 0 Å². The van der Waals surface area contributed by atoms with E-state index in [9.17, 15) is 0 Å². The molecule has 0 saturated heterocycles. The van der Waals surface area contributed by atoms with Crippen molar-refractivity contribution in [1.29, 1.82) is 0 Å². The van der Waals surface area contributed by atoms with Crippen LogP contribution in [0.3, 0.4) is 0 Å². The molecule has 0 aliphatic carbocycles. The molecule has 0 aliphatic rings. The summed E-state index contributed by atoms with van der Waals surface area (Å²) in [5.41, 5.74) is 0. The molecule has 0 saturated carbocycles. The SMILES string of the molecule is Cl.Cl.N.N.N.N.N.[Cl-].[Ir]. The molecule has 9 heteroatoms. The molecule has 0 aliphatic heterocycles. The van der Waals surface area contributed by atoms with Crippen molar-refractivity contribution in [2.45, 2.75) is 0 Å². The summed E-state index contributed by atoms with van der Waals surface area (Å²) in [7, 11) is 0. The van der Waals surface area contributed by atoms with Gasteiger partial charge in [0, 0.05) is 20.1 Å². The molecule has 0 aromatic rings. The molecule has 0 aromatic carbocycles. The summed E-state index contributed by atoms with van der Waals surface area (Å²) < 4.78 is 0. The van der Waals surface area contributed by atoms with Crippen molar-refractivity contribution in [2.75, 3.05) is 0 Å². The Labute approximate surface area is 88.0 Å². The first-order valence-electron chi connectivity index (χ1n) is 0. The molecule has 0 unspecified atom stereocenters. The second-order valence-corrected chi connectivity index (χ2v) is 0. The average molecular weight is 386 g/mol. The van der Waals surface area contributed by atoms with Crippen molar-refractivity contribution in [3.63, 3.8) is 0 Å². The molecule has 0 fully saturated rings. The van der Waals surface area contributed by atoms with Crippen LogP contribution in [0.1, 0.15) is 0 Å². The third-order valence-corrected chi connectivity index (χ3v) is 0. The molecule has 0 amide bonds. The molecular weight excluding hydrogens is 369 g/mol. The fraction of sp³-hybridized carbons (Fsp3) is 0. The van der Waals surface area contributed by atoms with Crippen LogP contribution < -0.4 is 43.2 Å². The maximum Gasteiger partial charge on any atom is 0 e. The zero-order valence-electron chi connectivity index (χ0n) is 5.06. The molecule has 0 rings (SSSR count). The molecule has 1 radical (unpaired) electrons. The number of hydrogen-bond donors (Lipinski definition) is 5. The van der Waals surface area contributed by atoms with E-state index in [1.54, 1.807) is 0 Å². The van der Waals surface area contributed by atoms with Crippen molar-refractivity contribution in [1.82, 2.24) is 30.8 Å². The third kappa shape index (κ3) is 287. The number of rotatable bonds is 0. The van der Waals surface area contributed by atoms with Gasteiger partial charge in [-0.05, 0) is 0 Å². The normalized spacial score (nSPS) is 0. The molecule has 73 valence electrons. The first-order valence-corrected chi connectivity index (χ1v) is 0. The largest absolute Gasteiger partial charge is 1.00 e. The van der Waals surface area contributed by atoms with Crippen LogP contribution in [0.5, 0.6) is 0 Å². The Morgan fingerprint density at radius 1 is 0.444 bits per heavy atom. The van der Waals surface area contributed by atoms with Gasteiger partial charge in [0.2, 0.25) is 0 Å². The minimum Gasteiger partial charge on any atom is -1.00 e. The van der Waals surface area contributed by atoms with E-state index in [1.807, 2.05) is 0 Å². The van der Waals surface area contributed by atoms with Crippen LogP contribution in [-0.4, -0.2) is 0 Å². The Bertz CT molecular complexity index is 12.2. The predicted molar refractivity (Wildman–Crippen MR) is 39.6 cm³/mol. The minimum atomic E-state index is 0. The van der Waals surface area contributed by atoms with Crippen LogP contribution in [0.15, 0.2) is 0 Å². The summed E-state index contributed by atoms with van der Waals surface area (Å²) in [6, 6.07) is 0. The predicted octanol–water partition coefficient (Wildman–Crippen LogP) is -1.34. The molecule has 9 heavy (non-hydrogen) atoms. The van der Waals surface area contributed by atoms with Crippen molar-refractivity contribution >= 4 is 24.8 Å². The van der Waals surface area contributed by atoms with Gasteiger partial charge in [0.1, 0.15) is 0 Å². The van der Waals surface area contributed by atoms with Crippen LogP contribution in [0.2, 0.25) is 0 Å². The van der Waals surface area contributed by atoms with E-state index in [-0.39, 0.29) is 88.1 Å². The van der Waals surface area contributed by atoms with Gasteiger partial charge in [-0.1, -0.05) is 0 Å². The summed E-state index contributed by atoms with van der Waals surface area (Å²) >= 11 is 0. The summed E-state index contributed by atoms with van der Waals surface area (Å²) in [5, 5.41) is 0. The van der Waals surface area contributed by atoms with Gasteiger partial charge < -0.3 is 43.2 Å². The maximum atomic E-state index is 0. The summed E-state index contributed by atoms with van der Waals surface area (Å²) in [4.78, 5) is 0. The van der Waals surface area contributed by atoms with Crippen molar-refractivity contribution in [3.05, 3.63) is 0 Å². The van der Waals surface area contributed by atoms with Crippen LogP contribution >= 0.6 is 24.8 Å². The number of halogens is 3. The summed E-state index contributed by atoms with van der Waals surface area (Å²) in [6.07, 6.45) is 0. The van der Waals surface area contributed by atoms with Gasteiger partial charge in [-0.3, -0.25) is 0 Å². The van der Waals surface area contributed by atoms with E-state index >= 15 is 0 Å². The fourth-order valence-corrected chi connectivity index (χ4v) is 0. The van der Waals surface area contributed by atoms with Crippen LogP contribution in [-0.2, 0) is 20.1 Å². The summed E-state index contributed by atoms with van der Waals surface area (Å²) in [6.45, 7) is 0. The Kier molecular flexibility index (Phi) is 21200. The van der Waals surface area contributed by atoms with Crippen molar-refractivity contribution in [3.8, 4) is 0 Å². The van der Waals surface area contributed by atoms with Gasteiger partial charge in [-0.15, -0.1) is 24.8 Å². The first-order chi connectivity index (χ1) is 0. The molecule has 15 N–H and O–H groups in total. The van der Waals surface area contributed by atoms with Crippen LogP contribution in [0.4, 0.5) is 0 Å². The zero-order valence-corrected chi connectivity index (χ0v) is 9.85. The van der Waals surface area contributed by atoms with E-state index < -0.39 is 0 Å². The maximum absolute atomic E-state index is 0. The van der Waals surface area contributed by atoms with Gasteiger partial charge in [0.15, 0.2) is 0 Å². The second-order valence-electron chi connectivity index (χ2n) is 0. The van der Waals surface area contributed by atoms with E-state index in [2.05, 4.69) is 0 Å². The van der Waals surface area contributed by atoms with Crippen molar-refractivity contribution in [2.24, 2.45) is 0 Å². The topological polar surface area (TPSA) is 175 Å². The summed E-state index contributed by atoms with van der Waals surface area (Å²) in [5.74, 6) is 0. The zero-order chi connectivity index (χ0) is 0. The van der Waals surface area contributed by atoms with Gasteiger partial charge in [-0.2, -0.15) is 0 Å². The average Bonchev–Trinajstić information content (AvgIpc) is 0. The molecular formula is H17Cl3IrN5-. The third-order valence-electron chi connectivity index (χ3n) is 0. The van der Waals surface area contributed by atoms with Gasteiger partial charge in [-0.25, -0.2) is 0 Å². The second kappa shape index (κ2) is 371. The van der Waals surface area contributed by atoms with Gasteiger partial charge in [0.25, 0.3) is 0 Å². The monoisotopic (exact) mass is 385 g/mol. The standard InChI is InChI=1S/3ClH.Ir.5H3N/h3*1H;;5*1H3/p-1. The smallest absolute Gasteiger partial charge is 0 e. The quantitative estimate of drug-likeness (QED) is 0.346. The first kappa shape index (κ1) is 515. The Balaban J connectivity index is 0. The van der Waals surface area contributed by atoms with Crippen LogP contribution in [0, 0.1) is 0 Å². The molecule has 0 heterocycles. The Morgan fingerprint density at radius 2 is 0.444 bits per heavy atom. The molecule has 0 spiro atoms. The van der Waals surface area contributed by atoms with E-state index in [0.717, 1.165) is 0 Å². The Hall–Kier alpha value is 1.32. The molecule has 0 atom stereocenters. The molecule has 0 bridgehead atoms. The minimum absolute atomic E-state index is 0. The van der Waals surface area contributed by atoms with E-state index in [4.69, 9.17) is 0 Å². The molecule has 5 nitrogen and oxygen atoms in total. The van der Waals surface area contributed by atoms with E-state index in [1.165, 1.54) is 0 Å². The van der Waals surface area contributed by atoms with Gasteiger partial charge in [0.05, 0.1) is 0 Å². The Morgan fingerprint density at radius 3 is 0.444 bits per heavy atom. The van der Waals surface area contributed by atoms with Crippen molar-refractivity contribution < 1.29 is 32.5 Å². The molecule has 0 aromatic heterocycles. The van der Waals surface area contributed by atoms with E-state index in [0.29, 0.717) is 0 Å². The van der Waals surface area contributed by atoms with Crippen LogP contribution in [0.25, 0.3) is 0 Å². The fourth-order valence-electron chi connectivity index (χ4n) is 0. The number of hydrogen-bond acceptors (Lipinski definition) is 5.